The molecule has 0 spiro atoms. The van der Waals surface area contributed by atoms with E-state index in [2.05, 4.69) is 21.7 Å². The number of pyridine rings is 1. The van der Waals surface area contributed by atoms with Gasteiger partial charge in [0.2, 0.25) is 5.91 Å². The first-order valence-electron chi connectivity index (χ1n) is 8.29. The molecule has 0 unspecified atom stereocenters. The number of nitrogens with one attached hydrogen (secondary N) is 2. The van der Waals surface area contributed by atoms with Gasteiger partial charge >= 0.3 is 0 Å². The Morgan fingerprint density at radius 1 is 1.12 bits per heavy atom. The summed E-state index contributed by atoms with van der Waals surface area (Å²) in [5, 5.41) is 15.2. The van der Waals surface area contributed by atoms with E-state index in [1.54, 1.807) is 18.3 Å². The van der Waals surface area contributed by atoms with Gasteiger partial charge in [0.1, 0.15) is 11.9 Å². The number of nitriles is 1. The number of aromatic nitrogens is 1. The third-order valence-electron chi connectivity index (χ3n) is 4.32. The highest BCUT2D eigenvalue weighted by molar-refractivity contribution is 5.91. The Kier molecular flexibility index (Phi) is 5.07. The van der Waals surface area contributed by atoms with Crippen LogP contribution in [0, 0.1) is 17.2 Å². The zero-order valence-electron chi connectivity index (χ0n) is 13.5. The predicted octanol–water partition coefficient (Wildman–Crippen LogP) is 4.22. The number of para-hydroxylation sites is 1. The summed E-state index contributed by atoms with van der Waals surface area (Å²) in [6.07, 6.45) is 7.09. The van der Waals surface area contributed by atoms with Crippen LogP contribution in [0.5, 0.6) is 0 Å². The minimum Gasteiger partial charge on any atom is -0.353 e. The molecule has 1 aliphatic rings. The van der Waals surface area contributed by atoms with E-state index in [0.717, 1.165) is 37.1 Å². The summed E-state index contributed by atoms with van der Waals surface area (Å²) in [5.74, 6) is 0.739. The first-order valence-corrected chi connectivity index (χ1v) is 8.29. The van der Waals surface area contributed by atoms with Crippen molar-refractivity contribution in [2.24, 2.45) is 5.92 Å². The molecule has 1 aromatic carbocycles. The lowest BCUT2D eigenvalue weighted by atomic mass is 9.89. The van der Waals surface area contributed by atoms with Crippen LogP contribution in [-0.2, 0) is 4.79 Å². The number of anilines is 3. The van der Waals surface area contributed by atoms with Crippen LogP contribution in [0.1, 0.15) is 37.7 Å². The van der Waals surface area contributed by atoms with Crippen LogP contribution >= 0.6 is 0 Å². The molecule has 2 aromatic rings. The lowest BCUT2D eigenvalue weighted by molar-refractivity contribution is -0.120. The van der Waals surface area contributed by atoms with Gasteiger partial charge in [-0.25, -0.2) is 4.98 Å². The maximum absolute atomic E-state index is 12.2. The summed E-state index contributed by atoms with van der Waals surface area (Å²) in [4.78, 5) is 16.5. The van der Waals surface area contributed by atoms with E-state index in [1.165, 1.54) is 6.42 Å². The van der Waals surface area contributed by atoms with Crippen LogP contribution in [0.25, 0.3) is 0 Å². The van der Waals surface area contributed by atoms with E-state index in [-0.39, 0.29) is 11.8 Å². The van der Waals surface area contributed by atoms with Crippen molar-refractivity contribution >= 4 is 23.1 Å². The molecule has 2 N–H and O–H groups in total. The van der Waals surface area contributed by atoms with Crippen molar-refractivity contribution in [3.8, 4) is 6.07 Å². The Balaban J connectivity index is 1.63. The maximum Gasteiger partial charge on any atom is 0.228 e. The molecule has 0 atom stereocenters. The Hall–Kier alpha value is -2.87. The van der Waals surface area contributed by atoms with Crippen LogP contribution in [0.4, 0.5) is 17.2 Å². The van der Waals surface area contributed by atoms with Crippen molar-refractivity contribution in [1.29, 1.82) is 5.26 Å². The number of amides is 1. The fraction of sp³-hybridized carbons (Fsp3) is 0.316. The highest BCUT2D eigenvalue weighted by Crippen LogP contribution is 2.25. The van der Waals surface area contributed by atoms with Crippen molar-refractivity contribution in [3.63, 3.8) is 0 Å². The van der Waals surface area contributed by atoms with Crippen molar-refractivity contribution in [2.45, 2.75) is 32.1 Å². The molecular formula is C19H20N4O. The summed E-state index contributed by atoms with van der Waals surface area (Å²) in [6, 6.07) is 13.1. The van der Waals surface area contributed by atoms with Gasteiger partial charge < -0.3 is 10.6 Å². The average molecular weight is 320 g/mol. The fourth-order valence-electron chi connectivity index (χ4n) is 2.98. The molecular weight excluding hydrogens is 300 g/mol. The molecule has 0 saturated heterocycles. The molecule has 1 fully saturated rings. The van der Waals surface area contributed by atoms with Gasteiger partial charge in [-0.15, -0.1) is 0 Å². The van der Waals surface area contributed by atoms with Crippen LogP contribution in [0.2, 0.25) is 0 Å². The quantitative estimate of drug-likeness (QED) is 0.884. The SMILES string of the molecule is N#Cc1ccccc1Nc1ccc(NC(=O)C2CCCCC2)nc1. The molecule has 122 valence electrons. The van der Waals surface area contributed by atoms with Gasteiger partial charge in [-0.3, -0.25) is 4.79 Å². The normalized spacial score (nSPS) is 14.6. The van der Waals surface area contributed by atoms with Crippen molar-refractivity contribution in [2.75, 3.05) is 10.6 Å². The van der Waals surface area contributed by atoms with Crippen LogP contribution in [0.3, 0.4) is 0 Å². The number of rotatable bonds is 4. The summed E-state index contributed by atoms with van der Waals surface area (Å²) in [7, 11) is 0. The topological polar surface area (TPSA) is 77.8 Å². The highest BCUT2D eigenvalue weighted by atomic mass is 16.1. The molecule has 5 nitrogen and oxygen atoms in total. The van der Waals surface area contributed by atoms with Gasteiger partial charge in [-0.1, -0.05) is 31.4 Å². The predicted molar refractivity (Wildman–Crippen MR) is 93.9 cm³/mol. The Bertz CT molecular complexity index is 743. The van der Waals surface area contributed by atoms with Crippen molar-refractivity contribution in [1.82, 2.24) is 4.98 Å². The van der Waals surface area contributed by atoms with Crippen LogP contribution in [-0.4, -0.2) is 10.9 Å². The number of nitrogens with zero attached hydrogens (tertiary/aromatic N) is 2. The smallest absolute Gasteiger partial charge is 0.228 e. The molecule has 1 heterocycles. The van der Waals surface area contributed by atoms with E-state index in [0.29, 0.717) is 11.4 Å². The second-order valence-corrected chi connectivity index (χ2v) is 6.04. The van der Waals surface area contributed by atoms with Crippen molar-refractivity contribution in [3.05, 3.63) is 48.2 Å². The van der Waals surface area contributed by atoms with Gasteiger partial charge in [0, 0.05) is 5.92 Å². The third-order valence-corrected chi connectivity index (χ3v) is 4.32. The Morgan fingerprint density at radius 2 is 1.92 bits per heavy atom. The molecule has 1 aliphatic carbocycles. The zero-order valence-corrected chi connectivity index (χ0v) is 13.5. The summed E-state index contributed by atoms with van der Waals surface area (Å²) in [6.45, 7) is 0. The summed E-state index contributed by atoms with van der Waals surface area (Å²) >= 11 is 0. The van der Waals surface area contributed by atoms with Gasteiger partial charge in [-0.05, 0) is 37.1 Å². The Morgan fingerprint density at radius 3 is 2.62 bits per heavy atom. The number of hydrogen-bond donors (Lipinski definition) is 2. The molecule has 0 aliphatic heterocycles. The standard InChI is InChI=1S/C19H20N4O/c20-12-15-8-4-5-9-17(15)22-16-10-11-18(21-13-16)23-19(24)14-6-2-1-3-7-14/h4-5,8-11,13-14,22H,1-3,6-7H2,(H,21,23,24). The maximum atomic E-state index is 12.2. The number of hydrogen-bond acceptors (Lipinski definition) is 4. The first kappa shape index (κ1) is 16.0. The van der Waals surface area contributed by atoms with E-state index in [9.17, 15) is 4.79 Å². The zero-order chi connectivity index (χ0) is 16.8. The molecule has 1 aromatic heterocycles. The Labute approximate surface area is 141 Å². The van der Waals surface area contributed by atoms with Gasteiger partial charge in [-0.2, -0.15) is 5.26 Å². The number of carbonyl (C=O) groups is 1. The summed E-state index contributed by atoms with van der Waals surface area (Å²) in [5.41, 5.74) is 2.08. The fourth-order valence-corrected chi connectivity index (χ4v) is 2.98. The van der Waals surface area contributed by atoms with E-state index >= 15 is 0 Å². The number of carbonyl (C=O) groups excluding carboxylic acids is 1. The molecule has 1 amide bonds. The lowest BCUT2D eigenvalue weighted by Crippen LogP contribution is -2.25. The monoisotopic (exact) mass is 320 g/mol. The van der Waals surface area contributed by atoms with E-state index in [1.807, 2.05) is 24.3 Å². The lowest BCUT2D eigenvalue weighted by Gasteiger charge is -2.20. The third kappa shape index (κ3) is 3.90. The molecule has 1 saturated carbocycles. The minimum atomic E-state index is 0.0673. The largest absolute Gasteiger partial charge is 0.353 e. The van der Waals surface area contributed by atoms with Gasteiger partial charge in [0.15, 0.2) is 0 Å². The highest BCUT2D eigenvalue weighted by Gasteiger charge is 2.21. The van der Waals surface area contributed by atoms with E-state index < -0.39 is 0 Å². The van der Waals surface area contributed by atoms with Crippen molar-refractivity contribution < 1.29 is 4.79 Å². The second kappa shape index (κ2) is 7.60. The molecule has 0 radical (unpaired) electrons. The molecule has 3 rings (SSSR count). The van der Waals surface area contributed by atoms with Crippen LogP contribution in [0.15, 0.2) is 42.6 Å². The summed E-state index contributed by atoms with van der Waals surface area (Å²) < 4.78 is 0. The first-order chi connectivity index (χ1) is 11.8. The minimum absolute atomic E-state index is 0.0673. The average Bonchev–Trinajstić information content (AvgIpc) is 2.64. The second-order valence-electron chi connectivity index (χ2n) is 6.04. The molecule has 5 heteroatoms. The van der Waals surface area contributed by atoms with Crippen LogP contribution < -0.4 is 10.6 Å². The van der Waals surface area contributed by atoms with E-state index in [4.69, 9.17) is 5.26 Å². The molecule has 0 bridgehead atoms. The molecule has 24 heavy (non-hydrogen) atoms. The number of benzene rings is 1. The van der Waals surface area contributed by atoms with Gasteiger partial charge in [0.05, 0.1) is 23.1 Å². The van der Waals surface area contributed by atoms with Gasteiger partial charge in [0.25, 0.3) is 0 Å².